The first-order chi connectivity index (χ1) is 5.75. The molecule has 0 aromatic carbocycles. The molecule has 5 nitrogen and oxygen atoms in total. The average Bonchev–Trinajstić information content (AvgIpc) is 2.33. The van der Waals surface area contributed by atoms with Crippen LogP contribution in [0.2, 0.25) is 0 Å². The minimum Gasteiger partial charge on any atom is -0.350 e. The summed E-state index contributed by atoms with van der Waals surface area (Å²) in [4.78, 5) is 0. The molecule has 0 saturated heterocycles. The Kier molecular flexibility index (Phi) is 1.88. The van der Waals surface area contributed by atoms with Crippen LogP contribution in [-0.2, 0) is 7.05 Å². The zero-order chi connectivity index (χ0) is 8.55. The Morgan fingerprint density at radius 2 is 2.33 bits per heavy atom. The third kappa shape index (κ3) is 1.36. The van der Waals surface area contributed by atoms with E-state index in [1.165, 1.54) is 0 Å². The van der Waals surface area contributed by atoms with Gasteiger partial charge in [0.2, 0.25) is 5.95 Å². The standard InChI is InChI=1S/C6H10ClN5/c1-12-6(9-10-11-12)8-5-2-4(7)3-5/h4-5H,2-3H2,1H3,(H,8,9,11). The molecule has 0 bridgehead atoms. The first kappa shape index (κ1) is 7.79. The van der Waals surface area contributed by atoms with E-state index >= 15 is 0 Å². The summed E-state index contributed by atoms with van der Waals surface area (Å²) in [5.41, 5.74) is 0. The molecule has 12 heavy (non-hydrogen) atoms. The van der Waals surface area contributed by atoms with Crippen LogP contribution in [-0.4, -0.2) is 31.6 Å². The Hall–Kier alpha value is -0.840. The number of anilines is 1. The second kappa shape index (κ2) is 2.90. The predicted molar refractivity (Wildman–Crippen MR) is 45.1 cm³/mol. The van der Waals surface area contributed by atoms with Gasteiger partial charge < -0.3 is 5.32 Å². The SMILES string of the molecule is Cn1nnnc1NC1CC(Cl)C1. The number of rotatable bonds is 2. The van der Waals surface area contributed by atoms with Crippen molar-refractivity contribution in [3.05, 3.63) is 0 Å². The van der Waals surface area contributed by atoms with Gasteiger partial charge in [-0.1, -0.05) is 5.10 Å². The van der Waals surface area contributed by atoms with Gasteiger partial charge in [-0.05, 0) is 23.3 Å². The highest BCUT2D eigenvalue weighted by atomic mass is 35.5. The number of tetrazole rings is 1. The van der Waals surface area contributed by atoms with E-state index in [-0.39, 0.29) is 0 Å². The molecule has 2 rings (SSSR count). The summed E-state index contributed by atoms with van der Waals surface area (Å²) < 4.78 is 1.61. The molecule has 6 heteroatoms. The zero-order valence-corrected chi connectivity index (χ0v) is 7.49. The van der Waals surface area contributed by atoms with Crippen molar-refractivity contribution in [2.45, 2.75) is 24.3 Å². The lowest BCUT2D eigenvalue weighted by Crippen LogP contribution is -2.36. The first-order valence-electron chi connectivity index (χ1n) is 3.88. The minimum absolute atomic E-state index is 0.323. The lowest BCUT2D eigenvalue weighted by molar-refractivity contribution is 0.450. The van der Waals surface area contributed by atoms with Crippen LogP contribution in [0.25, 0.3) is 0 Å². The Morgan fingerprint density at radius 1 is 1.58 bits per heavy atom. The summed E-state index contributed by atoms with van der Waals surface area (Å²) in [6.45, 7) is 0. The number of alkyl halides is 1. The molecular weight excluding hydrogens is 178 g/mol. The maximum atomic E-state index is 5.83. The highest BCUT2D eigenvalue weighted by molar-refractivity contribution is 6.21. The maximum absolute atomic E-state index is 5.83. The predicted octanol–water partition coefficient (Wildman–Crippen LogP) is 0.392. The Morgan fingerprint density at radius 3 is 2.83 bits per heavy atom. The fourth-order valence-electron chi connectivity index (χ4n) is 1.20. The van der Waals surface area contributed by atoms with Gasteiger partial charge in [-0.2, -0.15) is 0 Å². The maximum Gasteiger partial charge on any atom is 0.242 e. The first-order valence-corrected chi connectivity index (χ1v) is 4.32. The molecule has 0 aliphatic heterocycles. The molecule has 1 aliphatic rings. The van der Waals surface area contributed by atoms with Crippen molar-refractivity contribution in [2.75, 3.05) is 5.32 Å². The molecule has 0 spiro atoms. The van der Waals surface area contributed by atoms with Crippen LogP contribution in [0.3, 0.4) is 0 Å². The normalized spacial score (nSPS) is 28.2. The van der Waals surface area contributed by atoms with Crippen LogP contribution < -0.4 is 5.32 Å². The number of hydrogen-bond acceptors (Lipinski definition) is 4. The van der Waals surface area contributed by atoms with Crippen molar-refractivity contribution in [2.24, 2.45) is 7.05 Å². The van der Waals surface area contributed by atoms with Crippen LogP contribution in [0.5, 0.6) is 0 Å². The molecular formula is C6H10ClN5. The van der Waals surface area contributed by atoms with Crippen molar-refractivity contribution >= 4 is 17.5 Å². The van der Waals surface area contributed by atoms with E-state index in [9.17, 15) is 0 Å². The van der Waals surface area contributed by atoms with Gasteiger partial charge in [0.1, 0.15) is 0 Å². The molecule has 1 saturated carbocycles. The van der Waals surface area contributed by atoms with Crippen molar-refractivity contribution in [3.63, 3.8) is 0 Å². The van der Waals surface area contributed by atoms with Gasteiger partial charge in [0, 0.05) is 18.5 Å². The summed E-state index contributed by atoms with van der Waals surface area (Å²) in [6, 6.07) is 0.442. The van der Waals surface area contributed by atoms with Gasteiger partial charge in [-0.3, -0.25) is 0 Å². The third-order valence-electron chi connectivity index (χ3n) is 2.03. The van der Waals surface area contributed by atoms with Crippen molar-refractivity contribution < 1.29 is 0 Å². The van der Waals surface area contributed by atoms with Gasteiger partial charge in [0.15, 0.2) is 0 Å². The summed E-state index contributed by atoms with van der Waals surface area (Å²) in [5.74, 6) is 0.712. The van der Waals surface area contributed by atoms with Crippen LogP contribution in [0.15, 0.2) is 0 Å². The summed E-state index contributed by atoms with van der Waals surface area (Å²) in [5, 5.41) is 14.6. The second-order valence-electron chi connectivity index (χ2n) is 3.04. The molecule has 0 unspecified atom stereocenters. The highest BCUT2D eigenvalue weighted by Gasteiger charge is 2.27. The summed E-state index contributed by atoms with van der Waals surface area (Å²) in [7, 11) is 1.80. The van der Waals surface area contributed by atoms with E-state index in [1.54, 1.807) is 11.7 Å². The molecule has 66 valence electrons. The molecule has 1 heterocycles. The van der Waals surface area contributed by atoms with Crippen LogP contribution in [0.4, 0.5) is 5.95 Å². The average molecular weight is 188 g/mol. The third-order valence-corrected chi connectivity index (χ3v) is 2.39. The molecule has 1 aromatic rings. The number of hydrogen-bond donors (Lipinski definition) is 1. The van der Waals surface area contributed by atoms with E-state index < -0.39 is 0 Å². The largest absolute Gasteiger partial charge is 0.350 e. The van der Waals surface area contributed by atoms with E-state index in [2.05, 4.69) is 20.8 Å². The van der Waals surface area contributed by atoms with Crippen molar-refractivity contribution in [3.8, 4) is 0 Å². The molecule has 1 N–H and O–H groups in total. The van der Waals surface area contributed by atoms with Gasteiger partial charge in [-0.15, -0.1) is 11.6 Å². The molecule has 0 atom stereocenters. The number of aromatic nitrogens is 4. The quantitative estimate of drug-likeness (QED) is 0.681. The van der Waals surface area contributed by atoms with Gasteiger partial charge in [-0.25, -0.2) is 4.68 Å². The Labute approximate surface area is 75.1 Å². The topological polar surface area (TPSA) is 55.6 Å². The molecule has 1 aromatic heterocycles. The molecule has 0 radical (unpaired) electrons. The number of nitrogens with one attached hydrogen (secondary N) is 1. The van der Waals surface area contributed by atoms with Crippen LogP contribution in [0, 0.1) is 0 Å². The van der Waals surface area contributed by atoms with Gasteiger partial charge in [0.25, 0.3) is 0 Å². The minimum atomic E-state index is 0.323. The van der Waals surface area contributed by atoms with E-state index in [4.69, 9.17) is 11.6 Å². The fraction of sp³-hybridized carbons (Fsp3) is 0.833. The molecule has 0 amide bonds. The number of nitrogens with zero attached hydrogens (tertiary/aromatic N) is 4. The lowest BCUT2D eigenvalue weighted by Gasteiger charge is -2.31. The second-order valence-corrected chi connectivity index (χ2v) is 3.65. The Balaban J connectivity index is 1.92. The fourth-order valence-corrected chi connectivity index (χ4v) is 1.63. The smallest absolute Gasteiger partial charge is 0.242 e. The van der Waals surface area contributed by atoms with Crippen LogP contribution >= 0.6 is 11.6 Å². The molecule has 1 fully saturated rings. The zero-order valence-electron chi connectivity index (χ0n) is 6.74. The van der Waals surface area contributed by atoms with E-state index in [0.29, 0.717) is 17.4 Å². The van der Waals surface area contributed by atoms with E-state index in [0.717, 1.165) is 12.8 Å². The van der Waals surface area contributed by atoms with Crippen molar-refractivity contribution in [1.29, 1.82) is 0 Å². The number of aryl methyl sites for hydroxylation is 1. The lowest BCUT2D eigenvalue weighted by atomic mass is 9.93. The van der Waals surface area contributed by atoms with E-state index in [1.807, 2.05) is 0 Å². The van der Waals surface area contributed by atoms with Crippen molar-refractivity contribution in [1.82, 2.24) is 20.2 Å². The van der Waals surface area contributed by atoms with Gasteiger partial charge >= 0.3 is 0 Å². The van der Waals surface area contributed by atoms with Crippen LogP contribution in [0.1, 0.15) is 12.8 Å². The summed E-state index contributed by atoms with van der Waals surface area (Å²) >= 11 is 5.83. The monoisotopic (exact) mass is 187 g/mol. The Bertz CT molecular complexity index is 267. The molecule has 1 aliphatic carbocycles. The summed E-state index contributed by atoms with van der Waals surface area (Å²) in [6.07, 6.45) is 1.99. The highest BCUT2D eigenvalue weighted by Crippen LogP contribution is 2.27. The number of halogens is 1. The van der Waals surface area contributed by atoms with Gasteiger partial charge in [0.05, 0.1) is 0 Å².